The lowest BCUT2D eigenvalue weighted by atomic mass is 9.91. The lowest BCUT2D eigenvalue weighted by Gasteiger charge is -2.21. The minimum Gasteiger partial charge on any atom is -0.469 e. The van der Waals surface area contributed by atoms with Gasteiger partial charge in [0.1, 0.15) is 0 Å². The van der Waals surface area contributed by atoms with Crippen LogP contribution in [0.4, 0.5) is 0 Å². The molecule has 0 aliphatic rings. The van der Waals surface area contributed by atoms with E-state index in [9.17, 15) is 9.90 Å². The number of rotatable bonds is 6. The van der Waals surface area contributed by atoms with E-state index in [4.69, 9.17) is 9.47 Å². The lowest BCUT2D eigenvalue weighted by molar-refractivity contribution is -0.149. The van der Waals surface area contributed by atoms with E-state index in [2.05, 4.69) is 0 Å². The monoisotopic (exact) mass is 252 g/mol. The molecule has 4 nitrogen and oxygen atoms in total. The molecule has 0 radical (unpaired) electrons. The van der Waals surface area contributed by atoms with Crippen LogP contribution >= 0.6 is 0 Å². The van der Waals surface area contributed by atoms with Crippen LogP contribution in [0.3, 0.4) is 0 Å². The lowest BCUT2D eigenvalue weighted by Crippen LogP contribution is -2.23. The first kappa shape index (κ1) is 14.7. The zero-order valence-electron chi connectivity index (χ0n) is 11.1. The highest BCUT2D eigenvalue weighted by Gasteiger charge is 2.28. The zero-order valence-corrected chi connectivity index (χ0v) is 11.1. The first-order chi connectivity index (χ1) is 8.65. The van der Waals surface area contributed by atoms with Gasteiger partial charge in [0.15, 0.2) is 0 Å². The van der Waals surface area contributed by atoms with Crippen LogP contribution in [0, 0.1) is 5.92 Å². The van der Waals surface area contributed by atoms with E-state index in [1.54, 1.807) is 7.11 Å². The minimum absolute atomic E-state index is 0.391. The number of esters is 1. The number of ether oxygens (including phenoxy) is 2. The van der Waals surface area contributed by atoms with Crippen LogP contribution < -0.4 is 0 Å². The second-order valence-corrected chi connectivity index (χ2v) is 4.11. The fourth-order valence-corrected chi connectivity index (χ4v) is 2.00. The topological polar surface area (TPSA) is 55.8 Å². The van der Waals surface area contributed by atoms with Crippen LogP contribution in [0.15, 0.2) is 24.3 Å². The Morgan fingerprint density at radius 3 is 2.56 bits per heavy atom. The summed E-state index contributed by atoms with van der Waals surface area (Å²) >= 11 is 0. The van der Waals surface area contributed by atoms with Gasteiger partial charge in [-0.25, -0.2) is 0 Å². The highest BCUT2D eigenvalue weighted by atomic mass is 16.5. The Morgan fingerprint density at radius 1 is 1.33 bits per heavy atom. The number of aliphatic hydroxyl groups is 1. The van der Waals surface area contributed by atoms with E-state index >= 15 is 0 Å². The Hall–Kier alpha value is -1.39. The van der Waals surface area contributed by atoms with Crippen molar-refractivity contribution in [1.82, 2.24) is 0 Å². The van der Waals surface area contributed by atoms with Crippen molar-refractivity contribution in [3.63, 3.8) is 0 Å². The SMILES string of the molecule is CCC(C(=O)OC)C(O)c1ccccc1COC. The molecule has 100 valence electrons. The third-order valence-corrected chi connectivity index (χ3v) is 3.00. The Balaban J connectivity index is 3.00. The fourth-order valence-electron chi connectivity index (χ4n) is 2.00. The summed E-state index contributed by atoms with van der Waals surface area (Å²) in [6.07, 6.45) is -0.344. The number of carbonyl (C=O) groups excluding carboxylic acids is 1. The first-order valence-electron chi connectivity index (χ1n) is 5.98. The second-order valence-electron chi connectivity index (χ2n) is 4.11. The number of benzene rings is 1. The van der Waals surface area contributed by atoms with Crippen molar-refractivity contribution in [2.75, 3.05) is 14.2 Å². The molecule has 0 fully saturated rings. The highest BCUT2D eigenvalue weighted by Crippen LogP contribution is 2.28. The van der Waals surface area contributed by atoms with E-state index in [1.165, 1.54) is 7.11 Å². The maximum atomic E-state index is 11.6. The van der Waals surface area contributed by atoms with Gasteiger partial charge in [-0.2, -0.15) is 0 Å². The van der Waals surface area contributed by atoms with Crippen molar-refractivity contribution >= 4 is 5.97 Å². The van der Waals surface area contributed by atoms with Crippen molar-refractivity contribution in [3.8, 4) is 0 Å². The maximum Gasteiger partial charge on any atom is 0.311 e. The standard InChI is InChI=1S/C14H20O4/c1-4-11(14(16)18-3)13(15)12-8-6-5-7-10(12)9-17-2/h5-8,11,13,15H,4,9H2,1-3H3. The molecule has 0 bridgehead atoms. The van der Waals surface area contributed by atoms with Crippen molar-refractivity contribution in [3.05, 3.63) is 35.4 Å². The van der Waals surface area contributed by atoms with Crippen molar-refractivity contribution in [1.29, 1.82) is 0 Å². The maximum absolute atomic E-state index is 11.6. The molecule has 2 unspecified atom stereocenters. The molecule has 0 aromatic heterocycles. The van der Waals surface area contributed by atoms with Crippen LogP contribution in [0.5, 0.6) is 0 Å². The molecule has 0 saturated heterocycles. The summed E-state index contributed by atoms with van der Waals surface area (Å²) in [6.45, 7) is 2.26. The average molecular weight is 252 g/mol. The van der Waals surface area contributed by atoms with Gasteiger partial charge in [0.2, 0.25) is 0 Å². The predicted octanol–water partition coefficient (Wildman–Crippen LogP) is 2.07. The molecule has 1 N–H and O–H groups in total. The third kappa shape index (κ3) is 3.31. The van der Waals surface area contributed by atoms with E-state index in [0.29, 0.717) is 13.0 Å². The third-order valence-electron chi connectivity index (χ3n) is 3.00. The van der Waals surface area contributed by atoms with Gasteiger partial charge in [0.05, 0.1) is 25.7 Å². The molecule has 2 atom stereocenters. The fraction of sp³-hybridized carbons (Fsp3) is 0.500. The van der Waals surface area contributed by atoms with Crippen molar-refractivity contribution in [2.45, 2.75) is 26.1 Å². The molecule has 0 aliphatic carbocycles. The molecule has 0 saturated carbocycles. The van der Waals surface area contributed by atoms with Crippen LogP contribution in [0.25, 0.3) is 0 Å². The first-order valence-corrected chi connectivity index (χ1v) is 5.98. The Morgan fingerprint density at radius 2 is 2.00 bits per heavy atom. The van der Waals surface area contributed by atoms with Gasteiger partial charge in [-0.15, -0.1) is 0 Å². The summed E-state index contributed by atoms with van der Waals surface area (Å²) in [4.78, 5) is 11.6. The highest BCUT2D eigenvalue weighted by molar-refractivity contribution is 5.73. The minimum atomic E-state index is -0.867. The normalized spacial score (nSPS) is 14.0. The van der Waals surface area contributed by atoms with Crippen LogP contribution in [0.2, 0.25) is 0 Å². The molecule has 0 aliphatic heterocycles. The van der Waals surface area contributed by atoms with Gasteiger partial charge in [-0.05, 0) is 17.5 Å². The second kappa shape index (κ2) is 7.13. The molecule has 0 spiro atoms. The van der Waals surface area contributed by atoms with Gasteiger partial charge >= 0.3 is 5.97 Å². The van der Waals surface area contributed by atoms with Gasteiger partial charge < -0.3 is 14.6 Å². The summed E-state index contributed by atoms with van der Waals surface area (Å²) in [7, 11) is 2.93. The summed E-state index contributed by atoms with van der Waals surface area (Å²) in [5.74, 6) is -0.940. The van der Waals surface area contributed by atoms with Gasteiger partial charge in [0, 0.05) is 7.11 Å². The number of aliphatic hydroxyl groups excluding tert-OH is 1. The van der Waals surface area contributed by atoms with Crippen LogP contribution in [0.1, 0.15) is 30.6 Å². The number of methoxy groups -OCH3 is 2. The molecule has 1 aromatic carbocycles. The van der Waals surface area contributed by atoms with Crippen LogP contribution in [-0.4, -0.2) is 25.3 Å². The Bertz CT molecular complexity index is 389. The summed E-state index contributed by atoms with van der Waals surface area (Å²) < 4.78 is 9.81. The predicted molar refractivity (Wildman–Crippen MR) is 67.9 cm³/mol. The van der Waals surface area contributed by atoms with E-state index in [1.807, 2.05) is 31.2 Å². The van der Waals surface area contributed by atoms with Gasteiger partial charge in [-0.1, -0.05) is 31.2 Å². The Labute approximate surface area is 108 Å². The van der Waals surface area contributed by atoms with E-state index in [0.717, 1.165) is 11.1 Å². The Kier molecular flexibility index (Phi) is 5.82. The molecule has 4 heteroatoms. The smallest absolute Gasteiger partial charge is 0.311 e. The molecule has 0 heterocycles. The summed E-state index contributed by atoms with van der Waals surface area (Å²) in [5.41, 5.74) is 1.60. The van der Waals surface area contributed by atoms with Crippen molar-refractivity contribution < 1.29 is 19.4 Å². The van der Waals surface area contributed by atoms with E-state index < -0.39 is 18.0 Å². The zero-order chi connectivity index (χ0) is 13.5. The molecule has 0 amide bonds. The van der Waals surface area contributed by atoms with Gasteiger partial charge in [0.25, 0.3) is 0 Å². The number of hydrogen-bond donors (Lipinski definition) is 1. The average Bonchev–Trinajstić information content (AvgIpc) is 2.40. The molecular formula is C14H20O4. The number of hydrogen-bond acceptors (Lipinski definition) is 4. The molecule has 1 rings (SSSR count). The molecule has 18 heavy (non-hydrogen) atoms. The summed E-state index contributed by atoms with van der Waals surface area (Å²) in [6, 6.07) is 7.40. The number of carbonyl (C=O) groups is 1. The summed E-state index contributed by atoms with van der Waals surface area (Å²) in [5, 5.41) is 10.3. The molecule has 1 aromatic rings. The quantitative estimate of drug-likeness (QED) is 0.787. The van der Waals surface area contributed by atoms with Crippen LogP contribution in [-0.2, 0) is 20.9 Å². The molecular weight excluding hydrogens is 232 g/mol. The van der Waals surface area contributed by atoms with E-state index in [-0.39, 0.29) is 0 Å². The van der Waals surface area contributed by atoms with Gasteiger partial charge in [-0.3, -0.25) is 4.79 Å². The van der Waals surface area contributed by atoms with Crippen molar-refractivity contribution in [2.24, 2.45) is 5.92 Å². The largest absolute Gasteiger partial charge is 0.469 e.